The monoisotopic (exact) mass is 401 g/mol. The lowest BCUT2D eigenvalue weighted by Gasteiger charge is -2.10. The van der Waals surface area contributed by atoms with Gasteiger partial charge in [0.1, 0.15) is 6.10 Å². The lowest BCUT2D eigenvalue weighted by atomic mass is 10.1. The molecule has 0 unspecified atom stereocenters. The van der Waals surface area contributed by atoms with E-state index in [0.717, 1.165) is 0 Å². The van der Waals surface area contributed by atoms with Crippen LogP contribution in [0.15, 0.2) is 42.5 Å². The number of amides is 2. The number of benzene rings is 2. The molecule has 30 heavy (non-hydrogen) atoms. The van der Waals surface area contributed by atoms with Gasteiger partial charge in [-0.15, -0.1) is 0 Å². The Bertz CT molecular complexity index is 1210. The van der Waals surface area contributed by atoms with Crippen LogP contribution < -0.4 is 5.73 Å². The zero-order valence-electron chi connectivity index (χ0n) is 16.2. The molecular formula is C22H19N5O3. The predicted molar refractivity (Wildman–Crippen MR) is 110 cm³/mol. The highest BCUT2D eigenvalue weighted by molar-refractivity contribution is 6.04. The molecule has 0 spiro atoms. The van der Waals surface area contributed by atoms with Gasteiger partial charge in [-0.25, -0.2) is 4.68 Å². The van der Waals surface area contributed by atoms with E-state index >= 15 is 0 Å². The molecule has 3 N–H and O–H groups in total. The summed E-state index contributed by atoms with van der Waals surface area (Å²) in [5, 5.41) is 24.1. The summed E-state index contributed by atoms with van der Waals surface area (Å²) in [6.07, 6.45) is 0.155. The first-order valence-electron chi connectivity index (χ1n) is 9.11. The van der Waals surface area contributed by atoms with E-state index in [1.807, 2.05) is 0 Å². The zero-order valence-corrected chi connectivity index (χ0v) is 16.2. The van der Waals surface area contributed by atoms with Crippen molar-refractivity contribution in [3.63, 3.8) is 0 Å². The molecule has 0 aliphatic carbocycles. The largest absolute Gasteiger partial charge is 0.380 e. The number of carbonyl (C=O) groups excluding carboxylic acids is 2. The average Bonchev–Trinajstić information content (AvgIpc) is 3.15. The van der Waals surface area contributed by atoms with Gasteiger partial charge in [-0.1, -0.05) is 17.9 Å². The highest BCUT2D eigenvalue weighted by atomic mass is 16.3. The minimum Gasteiger partial charge on any atom is -0.380 e. The van der Waals surface area contributed by atoms with Gasteiger partial charge in [-0.2, -0.15) is 10.4 Å². The fraction of sp³-hybridized carbons (Fsp3) is 0.182. The van der Waals surface area contributed by atoms with E-state index in [1.165, 1.54) is 9.58 Å². The molecule has 1 aromatic heterocycles. The third-order valence-corrected chi connectivity index (χ3v) is 4.45. The molecule has 0 saturated heterocycles. The number of carbonyl (C=O) groups is 2. The lowest BCUT2D eigenvalue weighted by Crippen LogP contribution is -2.21. The van der Waals surface area contributed by atoms with Gasteiger partial charge in [0.15, 0.2) is 5.69 Å². The molecule has 1 atom stereocenters. The molecule has 3 aromatic rings. The maximum absolute atomic E-state index is 11.8. The molecule has 0 radical (unpaired) electrons. The molecule has 8 nitrogen and oxygen atoms in total. The Morgan fingerprint density at radius 3 is 2.83 bits per heavy atom. The Balaban J connectivity index is 1.96. The average molecular weight is 401 g/mol. The van der Waals surface area contributed by atoms with Gasteiger partial charge in [0, 0.05) is 31.0 Å². The smallest absolute Gasteiger partial charge is 0.269 e. The molecule has 150 valence electrons. The summed E-state index contributed by atoms with van der Waals surface area (Å²) in [6.45, 7) is 0.399. The number of primary amides is 1. The number of nitrogens with two attached hydrogens (primary N) is 1. The van der Waals surface area contributed by atoms with Crippen molar-refractivity contribution in [2.45, 2.75) is 12.5 Å². The second kappa shape index (κ2) is 8.91. The van der Waals surface area contributed by atoms with Crippen molar-refractivity contribution in [2.75, 3.05) is 13.6 Å². The Morgan fingerprint density at radius 1 is 1.33 bits per heavy atom. The lowest BCUT2D eigenvalue weighted by molar-refractivity contribution is -0.117. The molecule has 0 saturated carbocycles. The first-order chi connectivity index (χ1) is 14.4. The zero-order chi connectivity index (χ0) is 21.7. The summed E-state index contributed by atoms with van der Waals surface area (Å²) >= 11 is 0. The SMILES string of the molecule is CN(C=O)CC[C@@H](O)C#Cc1cccc(-n2nc(C(N)=O)c3ccc(C#N)cc32)c1. The van der Waals surface area contributed by atoms with Gasteiger partial charge in [0.05, 0.1) is 22.8 Å². The number of hydrogen-bond donors (Lipinski definition) is 2. The number of hydrogen-bond acceptors (Lipinski definition) is 5. The van der Waals surface area contributed by atoms with Crippen molar-refractivity contribution in [2.24, 2.45) is 5.73 Å². The highest BCUT2D eigenvalue weighted by Gasteiger charge is 2.16. The van der Waals surface area contributed by atoms with E-state index in [4.69, 9.17) is 5.73 Å². The van der Waals surface area contributed by atoms with Crippen LogP contribution in [0.1, 0.15) is 28.0 Å². The van der Waals surface area contributed by atoms with Crippen LogP contribution in [-0.4, -0.2) is 51.8 Å². The molecule has 2 amide bonds. The maximum Gasteiger partial charge on any atom is 0.269 e. The van der Waals surface area contributed by atoms with E-state index in [-0.39, 0.29) is 5.69 Å². The molecule has 0 aliphatic heterocycles. The van der Waals surface area contributed by atoms with E-state index < -0.39 is 12.0 Å². The Morgan fingerprint density at radius 2 is 2.13 bits per heavy atom. The van der Waals surface area contributed by atoms with E-state index in [2.05, 4.69) is 23.0 Å². The van der Waals surface area contributed by atoms with Gasteiger partial charge in [0.2, 0.25) is 6.41 Å². The molecule has 0 bridgehead atoms. The second-order valence-corrected chi connectivity index (χ2v) is 6.68. The standard InChI is InChI=1S/C22H19N5O3/c1-26(14-28)10-9-18(29)7-5-15-3-2-4-17(11-15)27-20-12-16(13-23)6-8-19(20)21(25-27)22(24)30/h2-4,6,8,11-12,14,18,29H,9-10H2,1H3,(H2,24,30)/t18-/m0/s1. The van der Waals surface area contributed by atoms with Gasteiger partial charge >= 0.3 is 0 Å². The van der Waals surface area contributed by atoms with Crippen molar-refractivity contribution in [3.05, 3.63) is 59.3 Å². The van der Waals surface area contributed by atoms with Crippen molar-refractivity contribution in [1.82, 2.24) is 14.7 Å². The Hall–Kier alpha value is -4.14. The summed E-state index contributed by atoms with van der Waals surface area (Å²) in [7, 11) is 1.63. The number of aliphatic hydroxyl groups excluding tert-OH is 1. The molecular weight excluding hydrogens is 382 g/mol. The number of fused-ring (bicyclic) bond motifs is 1. The summed E-state index contributed by atoms with van der Waals surface area (Å²) in [5.41, 5.74) is 7.84. The Kier molecular flexibility index (Phi) is 6.11. The fourth-order valence-corrected chi connectivity index (χ4v) is 2.90. The number of nitriles is 1. The van der Waals surface area contributed by atoms with Gasteiger partial charge < -0.3 is 15.7 Å². The summed E-state index contributed by atoms with van der Waals surface area (Å²) in [4.78, 5) is 23.8. The molecule has 0 fully saturated rings. The normalized spacial score (nSPS) is 11.2. The van der Waals surface area contributed by atoms with E-state index in [1.54, 1.807) is 49.5 Å². The van der Waals surface area contributed by atoms with Crippen molar-refractivity contribution in [3.8, 4) is 23.6 Å². The van der Waals surface area contributed by atoms with Crippen LogP contribution in [-0.2, 0) is 4.79 Å². The minimum absolute atomic E-state index is 0.112. The number of aromatic nitrogens is 2. The molecule has 0 aliphatic rings. The van der Waals surface area contributed by atoms with Crippen LogP contribution in [0.25, 0.3) is 16.6 Å². The third-order valence-electron chi connectivity index (χ3n) is 4.45. The van der Waals surface area contributed by atoms with Crippen LogP contribution in [0, 0.1) is 23.2 Å². The van der Waals surface area contributed by atoms with Crippen molar-refractivity contribution >= 4 is 23.2 Å². The molecule has 8 heteroatoms. The minimum atomic E-state index is -0.874. The molecule has 3 rings (SSSR count). The predicted octanol–water partition coefficient (Wildman–Crippen LogP) is 1.19. The summed E-state index contributed by atoms with van der Waals surface area (Å²) < 4.78 is 1.54. The van der Waals surface area contributed by atoms with Crippen molar-refractivity contribution < 1.29 is 14.7 Å². The first-order valence-corrected chi connectivity index (χ1v) is 9.11. The van der Waals surface area contributed by atoms with Crippen LogP contribution in [0.4, 0.5) is 0 Å². The number of aliphatic hydroxyl groups is 1. The molecule has 1 heterocycles. The fourth-order valence-electron chi connectivity index (χ4n) is 2.90. The topological polar surface area (TPSA) is 125 Å². The second-order valence-electron chi connectivity index (χ2n) is 6.68. The van der Waals surface area contributed by atoms with E-state index in [9.17, 15) is 20.0 Å². The third kappa shape index (κ3) is 4.46. The molecule has 2 aromatic carbocycles. The van der Waals surface area contributed by atoms with Gasteiger partial charge in [0.25, 0.3) is 5.91 Å². The van der Waals surface area contributed by atoms with Gasteiger partial charge in [-0.3, -0.25) is 9.59 Å². The van der Waals surface area contributed by atoms with Crippen LogP contribution in [0.2, 0.25) is 0 Å². The summed E-state index contributed by atoms with van der Waals surface area (Å²) in [5.74, 6) is 4.99. The number of nitrogens with zero attached hydrogens (tertiary/aromatic N) is 4. The van der Waals surface area contributed by atoms with E-state index in [0.29, 0.717) is 47.1 Å². The first kappa shape index (κ1) is 20.6. The van der Waals surface area contributed by atoms with Crippen LogP contribution in [0.3, 0.4) is 0 Å². The maximum atomic E-state index is 11.8. The van der Waals surface area contributed by atoms with Crippen LogP contribution in [0.5, 0.6) is 0 Å². The Labute approximate surface area is 173 Å². The summed E-state index contributed by atoms with van der Waals surface area (Å²) in [6, 6.07) is 14.1. The highest BCUT2D eigenvalue weighted by Crippen LogP contribution is 2.23. The van der Waals surface area contributed by atoms with Gasteiger partial charge in [-0.05, 0) is 36.4 Å². The quantitative estimate of drug-likeness (QED) is 0.474. The number of rotatable bonds is 6. The van der Waals surface area contributed by atoms with Crippen molar-refractivity contribution in [1.29, 1.82) is 5.26 Å². The van der Waals surface area contributed by atoms with Crippen LogP contribution >= 0.6 is 0 Å².